The minimum atomic E-state index is -1.10. The molecule has 1 unspecified atom stereocenters. The minimum Gasteiger partial charge on any atom is -0.489 e. The first-order valence-corrected chi connectivity index (χ1v) is 9.93. The van der Waals surface area contributed by atoms with Crippen LogP contribution in [0.2, 0.25) is 0 Å². The summed E-state index contributed by atoms with van der Waals surface area (Å²) < 4.78 is 7.67. The van der Waals surface area contributed by atoms with E-state index in [-0.39, 0.29) is 12.5 Å². The molecule has 0 radical (unpaired) electrons. The minimum absolute atomic E-state index is 0.00223. The van der Waals surface area contributed by atoms with E-state index < -0.39 is 12.0 Å². The van der Waals surface area contributed by atoms with E-state index >= 15 is 0 Å². The fraction of sp³-hybridized carbons (Fsp3) is 0.120. The molecule has 0 saturated carbocycles. The highest BCUT2D eigenvalue weighted by Crippen LogP contribution is 2.23. The molecular weight excluding hydrogens is 392 g/mol. The van der Waals surface area contributed by atoms with Gasteiger partial charge in [-0.1, -0.05) is 60.7 Å². The normalized spacial score (nSPS) is 11.7. The van der Waals surface area contributed by atoms with Crippen molar-refractivity contribution >= 4 is 22.8 Å². The van der Waals surface area contributed by atoms with E-state index in [4.69, 9.17) is 4.74 Å². The number of carbonyl (C=O) groups excluding carboxylic acids is 1. The molecule has 4 aromatic rings. The van der Waals surface area contributed by atoms with Crippen LogP contribution in [0.5, 0.6) is 5.75 Å². The van der Waals surface area contributed by atoms with Gasteiger partial charge in [0, 0.05) is 12.3 Å². The number of carboxylic acid groups (broad SMARTS) is 1. The van der Waals surface area contributed by atoms with Crippen molar-refractivity contribution in [3.8, 4) is 5.75 Å². The summed E-state index contributed by atoms with van der Waals surface area (Å²) in [5, 5.41) is 13.1. The van der Waals surface area contributed by atoms with Crippen LogP contribution in [0.25, 0.3) is 10.9 Å². The number of rotatable bonds is 8. The van der Waals surface area contributed by atoms with Gasteiger partial charge < -0.3 is 19.7 Å². The summed E-state index contributed by atoms with van der Waals surface area (Å²) in [6, 6.07) is 25.1. The summed E-state index contributed by atoms with van der Waals surface area (Å²) >= 11 is 0. The number of aromatic nitrogens is 1. The van der Waals surface area contributed by atoms with Gasteiger partial charge in [0.2, 0.25) is 5.91 Å². The molecule has 0 bridgehead atoms. The highest BCUT2D eigenvalue weighted by molar-refractivity contribution is 5.87. The summed E-state index contributed by atoms with van der Waals surface area (Å²) in [5.74, 6) is -0.790. The van der Waals surface area contributed by atoms with Crippen molar-refractivity contribution < 1.29 is 19.4 Å². The van der Waals surface area contributed by atoms with Crippen LogP contribution in [0.15, 0.2) is 91.1 Å². The van der Waals surface area contributed by atoms with E-state index in [0.717, 1.165) is 16.5 Å². The summed E-state index contributed by atoms with van der Waals surface area (Å²) in [6.45, 7) is 0.452. The fourth-order valence-corrected chi connectivity index (χ4v) is 3.43. The Balaban J connectivity index is 1.47. The van der Waals surface area contributed by atoms with Crippen molar-refractivity contribution in [1.29, 1.82) is 0 Å². The van der Waals surface area contributed by atoms with Crippen LogP contribution >= 0.6 is 0 Å². The monoisotopic (exact) mass is 414 g/mol. The van der Waals surface area contributed by atoms with Gasteiger partial charge in [-0.05, 0) is 34.7 Å². The van der Waals surface area contributed by atoms with Gasteiger partial charge in [-0.3, -0.25) is 4.79 Å². The molecule has 1 amide bonds. The van der Waals surface area contributed by atoms with E-state index in [1.807, 2.05) is 60.8 Å². The average molecular weight is 414 g/mol. The lowest BCUT2D eigenvalue weighted by Gasteiger charge is -2.15. The lowest BCUT2D eigenvalue weighted by molar-refractivity contribution is -0.142. The van der Waals surface area contributed by atoms with Crippen LogP contribution in [0.1, 0.15) is 17.2 Å². The van der Waals surface area contributed by atoms with Gasteiger partial charge >= 0.3 is 5.97 Å². The molecular formula is C25H22N2O4. The van der Waals surface area contributed by atoms with Crippen LogP contribution in [0.4, 0.5) is 0 Å². The molecule has 1 heterocycles. The van der Waals surface area contributed by atoms with E-state index in [1.165, 1.54) is 0 Å². The van der Waals surface area contributed by atoms with Gasteiger partial charge in [-0.2, -0.15) is 0 Å². The van der Waals surface area contributed by atoms with Gasteiger partial charge in [0.05, 0.1) is 5.52 Å². The number of carboxylic acids is 1. The molecule has 0 fully saturated rings. The van der Waals surface area contributed by atoms with Gasteiger partial charge in [0.25, 0.3) is 0 Å². The van der Waals surface area contributed by atoms with E-state index in [0.29, 0.717) is 17.9 Å². The van der Waals surface area contributed by atoms with E-state index in [1.54, 1.807) is 34.9 Å². The summed E-state index contributed by atoms with van der Waals surface area (Å²) in [5.41, 5.74) is 2.43. The van der Waals surface area contributed by atoms with Crippen LogP contribution in [-0.2, 0) is 22.7 Å². The highest BCUT2D eigenvalue weighted by atomic mass is 16.5. The molecule has 156 valence electrons. The molecule has 0 aliphatic heterocycles. The molecule has 31 heavy (non-hydrogen) atoms. The summed E-state index contributed by atoms with van der Waals surface area (Å²) in [6.07, 6.45) is 1.81. The zero-order chi connectivity index (χ0) is 21.6. The first-order valence-electron chi connectivity index (χ1n) is 9.93. The Kier molecular flexibility index (Phi) is 5.98. The SMILES string of the molecule is O=C(Cn1ccc2ccc(OCc3ccccc3)cc21)NC(C(=O)O)c1ccccc1. The predicted molar refractivity (Wildman–Crippen MR) is 118 cm³/mol. The van der Waals surface area contributed by atoms with E-state index in [9.17, 15) is 14.7 Å². The number of aliphatic carboxylic acids is 1. The molecule has 6 heteroatoms. The second-order valence-corrected chi connectivity index (χ2v) is 7.19. The van der Waals surface area contributed by atoms with Crippen LogP contribution in [-0.4, -0.2) is 21.6 Å². The topological polar surface area (TPSA) is 80.6 Å². The lowest BCUT2D eigenvalue weighted by atomic mass is 10.1. The van der Waals surface area contributed by atoms with Gasteiger partial charge in [0.15, 0.2) is 6.04 Å². The van der Waals surface area contributed by atoms with Crippen molar-refractivity contribution in [1.82, 2.24) is 9.88 Å². The Morgan fingerprint density at radius 1 is 0.935 bits per heavy atom. The predicted octanol–water partition coefficient (Wildman–Crippen LogP) is 4.16. The quantitative estimate of drug-likeness (QED) is 0.454. The number of hydrogen-bond donors (Lipinski definition) is 2. The molecule has 2 N–H and O–H groups in total. The van der Waals surface area contributed by atoms with Crippen molar-refractivity contribution in [3.05, 3.63) is 102 Å². The Hall–Kier alpha value is -4.06. The largest absolute Gasteiger partial charge is 0.489 e. The number of benzene rings is 3. The molecule has 4 rings (SSSR count). The standard InChI is InChI=1S/C25H22N2O4/c28-23(26-24(25(29)30)20-9-5-2-6-10-20)16-27-14-13-19-11-12-21(15-22(19)27)31-17-18-7-3-1-4-8-18/h1-15,24H,16-17H2,(H,26,28)(H,29,30). The van der Waals surface area contributed by atoms with Crippen LogP contribution in [0.3, 0.4) is 0 Å². The Labute approximate surface area is 179 Å². The number of carbonyl (C=O) groups is 2. The first-order chi connectivity index (χ1) is 15.1. The summed E-state index contributed by atoms with van der Waals surface area (Å²) in [7, 11) is 0. The zero-order valence-corrected chi connectivity index (χ0v) is 16.8. The average Bonchev–Trinajstić information content (AvgIpc) is 3.19. The van der Waals surface area contributed by atoms with Crippen LogP contribution in [0, 0.1) is 0 Å². The number of nitrogens with one attached hydrogen (secondary N) is 1. The molecule has 1 aromatic heterocycles. The molecule has 0 aliphatic carbocycles. The molecule has 0 aliphatic rings. The van der Waals surface area contributed by atoms with Crippen molar-refractivity contribution in [2.45, 2.75) is 19.2 Å². The lowest BCUT2D eigenvalue weighted by Crippen LogP contribution is -2.35. The third-order valence-electron chi connectivity index (χ3n) is 4.99. The number of amides is 1. The van der Waals surface area contributed by atoms with Gasteiger partial charge in [0.1, 0.15) is 18.9 Å². The third kappa shape index (κ3) is 4.93. The molecule has 3 aromatic carbocycles. The fourth-order valence-electron chi connectivity index (χ4n) is 3.43. The zero-order valence-electron chi connectivity index (χ0n) is 16.8. The Bertz CT molecular complexity index is 1190. The first kappa shape index (κ1) is 20.2. The number of fused-ring (bicyclic) bond motifs is 1. The molecule has 6 nitrogen and oxygen atoms in total. The maximum Gasteiger partial charge on any atom is 0.330 e. The summed E-state index contributed by atoms with van der Waals surface area (Å²) in [4.78, 5) is 24.3. The van der Waals surface area contributed by atoms with Crippen molar-refractivity contribution in [2.75, 3.05) is 0 Å². The third-order valence-corrected chi connectivity index (χ3v) is 4.99. The van der Waals surface area contributed by atoms with Gasteiger partial charge in [-0.25, -0.2) is 4.79 Å². The Morgan fingerprint density at radius 3 is 2.35 bits per heavy atom. The second kappa shape index (κ2) is 9.17. The van der Waals surface area contributed by atoms with Crippen molar-refractivity contribution in [2.24, 2.45) is 0 Å². The molecule has 1 atom stereocenters. The molecule has 0 saturated heterocycles. The van der Waals surface area contributed by atoms with Gasteiger partial charge in [-0.15, -0.1) is 0 Å². The smallest absolute Gasteiger partial charge is 0.330 e. The Morgan fingerprint density at radius 2 is 1.65 bits per heavy atom. The number of nitrogens with zero attached hydrogens (tertiary/aromatic N) is 1. The number of ether oxygens (including phenoxy) is 1. The van der Waals surface area contributed by atoms with Crippen LogP contribution < -0.4 is 10.1 Å². The molecule has 0 spiro atoms. The van der Waals surface area contributed by atoms with Crippen molar-refractivity contribution in [3.63, 3.8) is 0 Å². The maximum absolute atomic E-state index is 12.6. The highest BCUT2D eigenvalue weighted by Gasteiger charge is 2.22. The maximum atomic E-state index is 12.6. The second-order valence-electron chi connectivity index (χ2n) is 7.19. The number of hydrogen-bond acceptors (Lipinski definition) is 3. The van der Waals surface area contributed by atoms with E-state index in [2.05, 4.69) is 5.32 Å².